The van der Waals surface area contributed by atoms with Gasteiger partial charge in [0.1, 0.15) is 5.60 Å². The van der Waals surface area contributed by atoms with E-state index in [9.17, 15) is 9.90 Å². The number of thiophene rings is 2. The fourth-order valence-corrected chi connectivity index (χ4v) is 4.51. The predicted molar refractivity (Wildman–Crippen MR) is 75.1 cm³/mol. The topological polar surface area (TPSA) is 50.9 Å². The van der Waals surface area contributed by atoms with Gasteiger partial charge in [0.05, 0.1) is 6.57 Å². The lowest BCUT2D eigenvalue weighted by molar-refractivity contribution is -0.143. The standard InChI is InChI=1S/C13H9NO3S2/c1-13(2)10(11(14-3)12(16)17-13)8-4-6-7(18-8)5-9(15)19-6/h4-5,15H,1-2H3. The van der Waals surface area contributed by atoms with Gasteiger partial charge in [-0.2, -0.15) is 0 Å². The van der Waals surface area contributed by atoms with Gasteiger partial charge < -0.3 is 9.84 Å². The van der Waals surface area contributed by atoms with Crippen molar-refractivity contribution in [2.45, 2.75) is 19.4 Å². The first-order valence-corrected chi connectivity index (χ1v) is 7.14. The molecule has 0 aliphatic carbocycles. The summed E-state index contributed by atoms with van der Waals surface area (Å²) in [6.45, 7) is 10.7. The van der Waals surface area contributed by atoms with Gasteiger partial charge in [0, 0.05) is 25.9 Å². The lowest BCUT2D eigenvalue weighted by Gasteiger charge is -2.20. The molecule has 4 nitrogen and oxygen atoms in total. The molecule has 0 radical (unpaired) electrons. The van der Waals surface area contributed by atoms with Crippen molar-refractivity contribution < 1.29 is 14.6 Å². The molecule has 0 amide bonds. The number of carbonyl (C=O) groups excluding carboxylic acids is 1. The Hall–Kier alpha value is -1.84. The average molecular weight is 291 g/mol. The minimum Gasteiger partial charge on any atom is -0.499 e. The molecule has 1 aliphatic heterocycles. The third-order valence-corrected chi connectivity index (χ3v) is 5.05. The molecule has 2 aromatic heterocycles. The number of ether oxygens (including phenoxy) is 1. The van der Waals surface area contributed by atoms with Crippen molar-refractivity contribution in [2.24, 2.45) is 0 Å². The number of hydrogen-bond acceptors (Lipinski definition) is 5. The summed E-state index contributed by atoms with van der Waals surface area (Å²) in [5.74, 6) is -0.561. The number of aromatic hydroxyl groups is 1. The monoisotopic (exact) mass is 291 g/mol. The van der Waals surface area contributed by atoms with Crippen LogP contribution in [0.25, 0.3) is 19.8 Å². The van der Waals surface area contributed by atoms with E-state index in [1.807, 2.05) is 6.07 Å². The van der Waals surface area contributed by atoms with Gasteiger partial charge in [0.15, 0.2) is 5.06 Å². The maximum Gasteiger partial charge on any atom is 0.337 e. The van der Waals surface area contributed by atoms with Crippen molar-refractivity contribution in [3.63, 3.8) is 0 Å². The highest BCUT2D eigenvalue weighted by molar-refractivity contribution is 7.29. The molecule has 0 saturated carbocycles. The first-order chi connectivity index (χ1) is 8.92. The first-order valence-electron chi connectivity index (χ1n) is 5.50. The third kappa shape index (κ3) is 1.74. The number of cyclic esters (lactones) is 1. The minimum absolute atomic E-state index is 0.0584. The smallest absolute Gasteiger partial charge is 0.337 e. The second-order valence-corrected chi connectivity index (χ2v) is 6.81. The van der Waals surface area contributed by atoms with Gasteiger partial charge in [-0.15, -0.1) is 11.3 Å². The second kappa shape index (κ2) is 3.83. The van der Waals surface area contributed by atoms with Crippen LogP contribution in [-0.4, -0.2) is 16.7 Å². The SMILES string of the molecule is [C-]#[N+]C1=C(c2cc3sc(O)cc3s2)C(C)(C)OC1=O. The lowest BCUT2D eigenvalue weighted by Crippen LogP contribution is -2.21. The van der Waals surface area contributed by atoms with Gasteiger partial charge in [-0.1, -0.05) is 11.3 Å². The van der Waals surface area contributed by atoms with Crippen LogP contribution in [0.5, 0.6) is 5.06 Å². The van der Waals surface area contributed by atoms with Crippen LogP contribution >= 0.6 is 22.7 Å². The summed E-state index contributed by atoms with van der Waals surface area (Å²) in [6, 6.07) is 3.59. The van der Waals surface area contributed by atoms with Gasteiger partial charge in [-0.05, 0) is 19.9 Å². The van der Waals surface area contributed by atoms with Crippen molar-refractivity contribution in [1.29, 1.82) is 0 Å². The number of carbonyl (C=O) groups is 1. The van der Waals surface area contributed by atoms with Gasteiger partial charge in [-0.3, -0.25) is 4.79 Å². The molecular weight excluding hydrogens is 282 g/mol. The van der Waals surface area contributed by atoms with E-state index in [2.05, 4.69) is 4.85 Å². The first kappa shape index (κ1) is 12.2. The van der Waals surface area contributed by atoms with Crippen molar-refractivity contribution >= 4 is 43.6 Å². The number of rotatable bonds is 1. The maximum absolute atomic E-state index is 11.7. The third-order valence-electron chi connectivity index (χ3n) is 2.93. The van der Waals surface area contributed by atoms with Crippen molar-refractivity contribution in [3.05, 3.63) is 34.1 Å². The summed E-state index contributed by atoms with van der Waals surface area (Å²) in [5.41, 5.74) is -0.0880. The van der Waals surface area contributed by atoms with Crippen molar-refractivity contribution in [2.75, 3.05) is 0 Å². The molecule has 0 atom stereocenters. The minimum atomic E-state index is -0.786. The molecule has 2 aromatic rings. The normalized spacial score (nSPS) is 17.8. The Balaban J connectivity index is 2.23. The van der Waals surface area contributed by atoms with E-state index in [0.717, 1.165) is 14.3 Å². The Morgan fingerprint density at radius 2 is 2.00 bits per heavy atom. The Morgan fingerprint density at radius 1 is 1.32 bits per heavy atom. The van der Waals surface area contributed by atoms with E-state index in [-0.39, 0.29) is 10.8 Å². The number of esters is 1. The highest BCUT2D eigenvalue weighted by Gasteiger charge is 2.42. The number of hydrogen-bond donors (Lipinski definition) is 1. The fraction of sp³-hybridized carbons (Fsp3) is 0.231. The van der Waals surface area contributed by atoms with E-state index in [0.29, 0.717) is 5.57 Å². The summed E-state index contributed by atoms with van der Waals surface area (Å²) >= 11 is 2.74. The Labute approximate surface area is 117 Å². The molecule has 0 unspecified atom stereocenters. The van der Waals surface area contributed by atoms with Crippen LogP contribution in [0.15, 0.2) is 17.8 Å². The van der Waals surface area contributed by atoms with E-state index >= 15 is 0 Å². The molecule has 3 heterocycles. The molecule has 3 rings (SSSR count). The van der Waals surface area contributed by atoms with Gasteiger partial charge >= 0.3 is 5.97 Å². The molecule has 6 heteroatoms. The highest BCUT2D eigenvalue weighted by atomic mass is 32.1. The van der Waals surface area contributed by atoms with Crippen LogP contribution < -0.4 is 0 Å². The molecule has 19 heavy (non-hydrogen) atoms. The van der Waals surface area contributed by atoms with Crippen LogP contribution in [0.3, 0.4) is 0 Å². The molecule has 1 aliphatic rings. The van der Waals surface area contributed by atoms with Gasteiger partial charge in [-0.25, -0.2) is 4.85 Å². The van der Waals surface area contributed by atoms with Crippen LogP contribution in [0, 0.1) is 6.57 Å². The van der Waals surface area contributed by atoms with Crippen molar-refractivity contribution in [3.8, 4) is 5.06 Å². The summed E-state index contributed by atoms with van der Waals surface area (Å²) in [6.07, 6.45) is 0. The molecule has 0 fully saturated rings. The van der Waals surface area contributed by atoms with E-state index in [1.54, 1.807) is 19.9 Å². The van der Waals surface area contributed by atoms with Crippen LogP contribution in [-0.2, 0) is 9.53 Å². The molecule has 1 N–H and O–H groups in total. The Morgan fingerprint density at radius 3 is 2.63 bits per heavy atom. The lowest BCUT2D eigenvalue weighted by atomic mass is 9.97. The second-order valence-electron chi connectivity index (χ2n) is 4.66. The average Bonchev–Trinajstić information content (AvgIpc) is 2.86. The fourth-order valence-electron chi connectivity index (χ4n) is 2.18. The zero-order chi connectivity index (χ0) is 13.8. The van der Waals surface area contributed by atoms with Gasteiger partial charge in [0.25, 0.3) is 5.70 Å². The molecule has 0 aromatic carbocycles. The number of fused-ring (bicyclic) bond motifs is 1. The van der Waals surface area contributed by atoms with E-state index in [4.69, 9.17) is 11.3 Å². The van der Waals surface area contributed by atoms with Crippen LogP contribution in [0.4, 0.5) is 0 Å². The molecule has 0 spiro atoms. The van der Waals surface area contributed by atoms with E-state index < -0.39 is 11.6 Å². The Kier molecular flexibility index (Phi) is 2.46. The largest absolute Gasteiger partial charge is 0.499 e. The predicted octanol–water partition coefficient (Wildman–Crippen LogP) is 3.63. The van der Waals surface area contributed by atoms with Gasteiger partial charge in [0.2, 0.25) is 0 Å². The molecule has 0 bridgehead atoms. The number of nitrogens with zero attached hydrogens (tertiary/aromatic N) is 1. The molecule has 0 saturated heterocycles. The summed E-state index contributed by atoms with van der Waals surface area (Å²) < 4.78 is 7.15. The molecular formula is C13H9NO3S2. The van der Waals surface area contributed by atoms with Crippen LogP contribution in [0.1, 0.15) is 18.7 Å². The maximum atomic E-state index is 11.7. The van der Waals surface area contributed by atoms with Crippen LogP contribution in [0.2, 0.25) is 0 Å². The summed E-state index contributed by atoms with van der Waals surface area (Å²) in [4.78, 5) is 15.8. The van der Waals surface area contributed by atoms with E-state index in [1.165, 1.54) is 22.7 Å². The summed E-state index contributed by atoms with van der Waals surface area (Å²) in [5, 5.41) is 9.70. The van der Waals surface area contributed by atoms with Crippen molar-refractivity contribution in [1.82, 2.24) is 0 Å². The quantitative estimate of drug-likeness (QED) is 0.644. The molecule has 96 valence electrons. The highest BCUT2D eigenvalue weighted by Crippen LogP contribution is 2.46. The zero-order valence-corrected chi connectivity index (χ0v) is 11.8. The summed E-state index contributed by atoms with van der Waals surface area (Å²) in [7, 11) is 0. The Bertz CT molecular complexity index is 742. The zero-order valence-electron chi connectivity index (χ0n) is 10.2.